The molecular formula is C22H34N4O4. The number of nitrogens with zero attached hydrogens (tertiary/aromatic N) is 2. The number of alkyl carbamates (subject to hydrolysis) is 1. The number of hydrogen-bond donors (Lipinski definition) is 2. The number of carbonyl (C=O) groups is 2. The third-order valence-electron chi connectivity index (χ3n) is 5.68. The number of aryl methyl sites for hydroxylation is 2. The van der Waals surface area contributed by atoms with Gasteiger partial charge in [-0.15, -0.1) is 0 Å². The number of rotatable bonds is 9. The van der Waals surface area contributed by atoms with Crippen molar-refractivity contribution in [2.45, 2.75) is 64.1 Å². The lowest BCUT2D eigenvalue weighted by atomic mass is 10.0. The Hall–Kier alpha value is -2.19. The van der Waals surface area contributed by atoms with Crippen molar-refractivity contribution < 1.29 is 19.1 Å². The molecule has 1 aliphatic heterocycles. The SMILES string of the molecule is CCc1cc([C@@H](C)N(C(=O)[C@H]2CNCCO2)C2CC2)cc(CCCNC(=O)OC)n1. The summed E-state index contributed by atoms with van der Waals surface area (Å²) in [7, 11) is 1.36. The van der Waals surface area contributed by atoms with Crippen molar-refractivity contribution in [3.63, 3.8) is 0 Å². The van der Waals surface area contributed by atoms with Crippen LogP contribution in [0.2, 0.25) is 0 Å². The molecule has 2 amide bonds. The number of aromatic nitrogens is 1. The molecule has 3 rings (SSSR count). The van der Waals surface area contributed by atoms with E-state index in [4.69, 9.17) is 9.72 Å². The van der Waals surface area contributed by atoms with Crippen molar-refractivity contribution >= 4 is 12.0 Å². The average molecular weight is 419 g/mol. The van der Waals surface area contributed by atoms with E-state index < -0.39 is 12.2 Å². The third-order valence-corrected chi connectivity index (χ3v) is 5.68. The van der Waals surface area contributed by atoms with Gasteiger partial charge in [0.25, 0.3) is 5.91 Å². The number of morpholine rings is 1. The molecule has 1 aromatic heterocycles. The number of pyridine rings is 1. The summed E-state index contributed by atoms with van der Waals surface area (Å²) >= 11 is 0. The molecule has 0 spiro atoms. The fraction of sp³-hybridized carbons (Fsp3) is 0.682. The Morgan fingerprint density at radius 1 is 1.37 bits per heavy atom. The summed E-state index contributed by atoms with van der Waals surface area (Å²) < 4.78 is 10.3. The lowest BCUT2D eigenvalue weighted by Crippen LogP contribution is -2.50. The second-order valence-electron chi connectivity index (χ2n) is 7.97. The molecule has 2 heterocycles. The molecule has 166 valence electrons. The molecule has 0 bridgehead atoms. The highest BCUT2D eigenvalue weighted by Crippen LogP contribution is 2.35. The minimum Gasteiger partial charge on any atom is -0.453 e. The van der Waals surface area contributed by atoms with Gasteiger partial charge in [-0.25, -0.2) is 4.79 Å². The number of amides is 2. The molecule has 2 fully saturated rings. The molecule has 0 aromatic carbocycles. The van der Waals surface area contributed by atoms with Crippen LogP contribution in [-0.4, -0.2) is 67.4 Å². The van der Waals surface area contributed by atoms with Gasteiger partial charge in [0.2, 0.25) is 0 Å². The molecule has 0 radical (unpaired) electrons. The van der Waals surface area contributed by atoms with E-state index >= 15 is 0 Å². The molecule has 1 saturated carbocycles. The van der Waals surface area contributed by atoms with Crippen molar-refractivity contribution in [2.75, 3.05) is 33.4 Å². The fourth-order valence-corrected chi connectivity index (χ4v) is 3.85. The minimum atomic E-state index is -0.419. The summed E-state index contributed by atoms with van der Waals surface area (Å²) in [5.41, 5.74) is 3.12. The molecule has 8 heteroatoms. The average Bonchev–Trinajstić information content (AvgIpc) is 3.61. The Bertz CT molecular complexity index is 732. The third kappa shape index (κ3) is 5.92. The van der Waals surface area contributed by atoms with Crippen molar-refractivity contribution in [1.29, 1.82) is 0 Å². The Morgan fingerprint density at radius 3 is 2.77 bits per heavy atom. The lowest BCUT2D eigenvalue weighted by molar-refractivity contribution is -0.148. The standard InChI is InChI=1S/C22H34N4O4/c1-4-17-12-16(13-18(25-17)6-5-9-24-22(28)29-3)15(2)26(19-7-8-19)21(27)20-14-23-10-11-30-20/h12-13,15,19-20,23H,4-11,14H2,1-3H3,(H,24,28)/t15-,20-/m1/s1. The molecule has 1 aromatic rings. The van der Waals surface area contributed by atoms with Gasteiger partial charge in [-0.3, -0.25) is 9.78 Å². The van der Waals surface area contributed by atoms with Crippen LogP contribution in [0, 0.1) is 0 Å². The number of methoxy groups -OCH3 is 1. The maximum atomic E-state index is 13.2. The van der Waals surface area contributed by atoms with E-state index in [9.17, 15) is 9.59 Å². The van der Waals surface area contributed by atoms with E-state index in [1.54, 1.807) is 0 Å². The highest BCUT2D eigenvalue weighted by Gasteiger charge is 2.40. The van der Waals surface area contributed by atoms with Gasteiger partial charge >= 0.3 is 6.09 Å². The zero-order chi connectivity index (χ0) is 21.5. The van der Waals surface area contributed by atoms with Crippen LogP contribution in [0.25, 0.3) is 0 Å². The van der Waals surface area contributed by atoms with Crippen molar-refractivity contribution in [1.82, 2.24) is 20.5 Å². The first-order valence-electron chi connectivity index (χ1n) is 11.0. The Morgan fingerprint density at radius 2 is 2.13 bits per heavy atom. The predicted octanol–water partition coefficient (Wildman–Crippen LogP) is 1.97. The van der Waals surface area contributed by atoms with E-state index in [0.717, 1.165) is 55.6 Å². The minimum absolute atomic E-state index is 0.0317. The van der Waals surface area contributed by atoms with Crippen LogP contribution in [0.1, 0.15) is 56.1 Å². The first-order valence-corrected chi connectivity index (χ1v) is 11.0. The summed E-state index contributed by atoms with van der Waals surface area (Å²) in [5, 5.41) is 5.96. The van der Waals surface area contributed by atoms with Gasteiger partial charge in [-0.05, 0) is 56.7 Å². The van der Waals surface area contributed by atoms with Crippen LogP contribution < -0.4 is 10.6 Å². The van der Waals surface area contributed by atoms with Gasteiger partial charge in [0, 0.05) is 37.1 Å². The van der Waals surface area contributed by atoms with Crippen LogP contribution in [0.4, 0.5) is 4.79 Å². The van der Waals surface area contributed by atoms with Gasteiger partial charge in [-0.1, -0.05) is 6.92 Å². The van der Waals surface area contributed by atoms with Crippen LogP contribution in [0.15, 0.2) is 12.1 Å². The topological polar surface area (TPSA) is 92.8 Å². The van der Waals surface area contributed by atoms with Crippen LogP contribution >= 0.6 is 0 Å². The summed E-state index contributed by atoms with van der Waals surface area (Å²) in [4.78, 5) is 31.2. The molecule has 2 N–H and O–H groups in total. The molecule has 2 atom stereocenters. The summed E-state index contributed by atoms with van der Waals surface area (Å²) in [6.45, 7) is 6.66. The zero-order valence-corrected chi connectivity index (χ0v) is 18.3. The summed E-state index contributed by atoms with van der Waals surface area (Å²) in [5.74, 6) is 0.0795. The highest BCUT2D eigenvalue weighted by atomic mass is 16.5. The molecular weight excluding hydrogens is 384 g/mol. The number of hydrogen-bond acceptors (Lipinski definition) is 6. The molecule has 8 nitrogen and oxygen atoms in total. The largest absolute Gasteiger partial charge is 0.453 e. The van der Waals surface area contributed by atoms with Crippen LogP contribution in [0.3, 0.4) is 0 Å². The molecule has 0 unspecified atom stereocenters. The van der Waals surface area contributed by atoms with Crippen molar-refractivity contribution in [3.8, 4) is 0 Å². The number of nitrogens with one attached hydrogen (secondary N) is 2. The number of ether oxygens (including phenoxy) is 2. The Balaban J connectivity index is 1.71. The fourth-order valence-electron chi connectivity index (χ4n) is 3.85. The van der Waals surface area contributed by atoms with E-state index in [1.165, 1.54) is 7.11 Å². The van der Waals surface area contributed by atoms with Gasteiger partial charge < -0.3 is 25.0 Å². The van der Waals surface area contributed by atoms with Crippen molar-refractivity contribution in [3.05, 3.63) is 29.1 Å². The maximum absolute atomic E-state index is 13.2. The summed E-state index contributed by atoms with van der Waals surface area (Å²) in [6, 6.07) is 4.48. The quantitative estimate of drug-likeness (QED) is 0.596. The van der Waals surface area contributed by atoms with E-state index in [2.05, 4.69) is 41.4 Å². The van der Waals surface area contributed by atoms with Gasteiger partial charge in [0.15, 0.2) is 0 Å². The second kappa shape index (κ2) is 10.7. The second-order valence-corrected chi connectivity index (χ2v) is 7.97. The maximum Gasteiger partial charge on any atom is 0.406 e. The molecule has 30 heavy (non-hydrogen) atoms. The van der Waals surface area contributed by atoms with E-state index in [1.807, 2.05) is 4.90 Å². The van der Waals surface area contributed by atoms with Gasteiger partial charge in [-0.2, -0.15) is 0 Å². The zero-order valence-electron chi connectivity index (χ0n) is 18.3. The van der Waals surface area contributed by atoms with E-state index in [0.29, 0.717) is 25.7 Å². The monoisotopic (exact) mass is 418 g/mol. The van der Waals surface area contributed by atoms with Crippen molar-refractivity contribution in [2.24, 2.45) is 0 Å². The van der Waals surface area contributed by atoms with Gasteiger partial charge in [0.1, 0.15) is 6.10 Å². The number of carbonyl (C=O) groups excluding carboxylic acids is 2. The lowest BCUT2D eigenvalue weighted by Gasteiger charge is -2.34. The summed E-state index contributed by atoms with van der Waals surface area (Å²) in [6.07, 6.45) is 3.64. The first kappa shape index (κ1) is 22.5. The smallest absolute Gasteiger partial charge is 0.406 e. The van der Waals surface area contributed by atoms with Crippen LogP contribution in [0.5, 0.6) is 0 Å². The molecule has 1 saturated heterocycles. The highest BCUT2D eigenvalue weighted by molar-refractivity contribution is 5.82. The normalized spacial score (nSPS) is 19.8. The molecule has 2 aliphatic rings. The Labute approximate surface area is 178 Å². The first-order chi connectivity index (χ1) is 14.5. The molecule has 1 aliphatic carbocycles. The van der Waals surface area contributed by atoms with Crippen LogP contribution in [-0.2, 0) is 27.1 Å². The predicted molar refractivity (Wildman–Crippen MR) is 113 cm³/mol. The van der Waals surface area contributed by atoms with E-state index in [-0.39, 0.29) is 11.9 Å². The Kier molecular flexibility index (Phi) is 8.04. The van der Waals surface area contributed by atoms with Gasteiger partial charge in [0.05, 0.1) is 19.8 Å².